The molecule has 1 amide bonds. The lowest BCUT2D eigenvalue weighted by atomic mass is 10.1. The van der Waals surface area contributed by atoms with Gasteiger partial charge in [0.2, 0.25) is 0 Å². The van der Waals surface area contributed by atoms with Crippen molar-refractivity contribution in [3.63, 3.8) is 0 Å². The van der Waals surface area contributed by atoms with Crippen molar-refractivity contribution in [2.24, 2.45) is 0 Å². The first-order chi connectivity index (χ1) is 12.3. The predicted molar refractivity (Wildman–Crippen MR) is 86.3 cm³/mol. The van der Waals surface area contributed by atoms with Gasteiger partial charge < -0.3 is 14.8 Å². The fraction of sp³-hybridized carbons (Fsp3) is 0.222. The summed E-state index contributed by atoms with van der Waals surface area (Å²) >= 11 is 0. The maximum Gasteiger partial charge on any atom is 0.387 e. The van der Waals surface area contributed by atoms with Crippen LogP contribution in [-0.2, 0) is 9.53 Å². The van der Waals surface area contributed by atoms with Crippen LogP contribution in [0.1, 0.15) is 28.9 Å². The molecule has 0 aliphatic heterocycles. The molecule has 0 unspecified atom stereocenters. The van der Waals surface area contributed by atoms with Crippen molar-refractivity contribution < 1.29 is 32.2 Å². The Bertz CT molecular complexity index is 748. The molecule has 0 aliphatic carbocycles. The lowest BCUT2D eigenvalue weighted by Gasteiger charge is -2.14. The summed E-state index contributed by atoms with van der Waals surface area (Å²) in [5.41, 5.74) is 0.784. The summed E-state index contributed by atoms with van der Waals surface area (Å²) in [6.07, 6.45) is 0. The number of amides is 1. The number of halogens is 3. The molecular formula is C18H16F3NO4. The van der Waals surface area contributed by atoms with Crippen LogP contribution < -0.4 is 10.1 Å². The van der Waals surface area contributed by atoms with Crippen LogP contribution in [0.5, 0.6) is 5.75 Å². The van der Waals surface area contributed by atoms with E-state index >= 15 is 0 Å². The molecule has 1 atom stereocenters. The van der Waals surface area contributed by atoms with Gasteiger partial charge in [-0.15, -0.1) is 0 Å². The fourth-order valence-corrected chi connectivity index (χ4v) is 2.10. The van der Waals surface area contributed by atoms with Gasteiger partial charge >= 0.3 is 12.6 Å². The van der Waals surface area contributed by atoms with E-state index in [1.54, 1.807) is 6.92 Å². The molecule has 138 valence electrons. The number of benzene rings is 2. The van der Waals surface area contributed by atoms with E-state index in [2.05, 4.69) is 10.1 Å². The number of esters is 1. The average molecular weight is 367 g/mol. The van der Waals surface area contributed by atoms with Crippen LogP contribution in [0.3, 0.4) is 0 Å². The van der Waals surface area contributed by atoms with Gasteiger partial charge in [0, 0.05) is 0 Å². The van der Waals surface area contributed by atoms with Crippen LogP contribution in [0.4, 0.5) is 13.2 Å². The lowest BCUT2D eigenvalue weighted by Crippen LogP contribution is -2.31. The van der Waals surface area contributed by atoms with E-state index in [-0.39, 0.29) is 17.1 Å². The number of nitrogens with one attached hydrogen (secondary N) is 1. The zero-order valence-corrected chi connectivity index (χ0v) is 13.7. The van der Waals surface area contributed by atoms with Crippen LogP contribution in [-0.4, -0.2) is 25.1 Å². The van der Waals surface area contributed by atoms with Crippen molar-refractivity contribution in [3.8, 4) is 5.75 Å². The third-order valence-corrected chi connectivity index (χ3v) is 3.40. The molecule has 0 aromatic heterocycles. The van der Waals surface area contributed by atoms with Crippen LogP contribution in [0.15, 0.2) is 48.5 Å². The van der Waals surface area contributed by atoms with Crippen molar-refractivity contribution in [1.82, 2.24) is 5.32 Å². The van der Waals surface area contributed by atoms with Crippen molar-refractivity contribution in [2.45, 2.75) is 19.6 Å². The van der Waals surface area contributed by atoms with E-state index in [4.69, 9.17) is 4.74 Å². The van der Waals surface area contributed by atoms with Gasteiger partial charge in [0.05, 0.1) is 11.6 Å². The third-order valence-electron chi connectivity index (χ3n) is 3.40. The minimum Gasteiger partial charge on any atom is -0.452 e. The van der Waals surface area contributed by atoms with Crippen molar-refractivity contribution in [3.05, 3.63) is 65.5 Å². The van der Waals surface area contributed by atoms with E-state index in [0.29, 0.717) is 5.56 Å². The predicted octanol–water partition coefficient (Wildman–Crippen LogP) is 3.46. The number of ether oxygens (including phenoxy) is 2. The van der Waals surface area contributed by atoms with Crippen LogP contribution in [0, 0.1) is 5.82 Å². The minimum atomic E-state index is -2.96. The summed E-state index contributed by atoms with van der Waals surface area (Å²) in [6, 6.07) is 10.1. The molecule has 0 spiro atoms. The number of carbonyl (C=O) groups is 2. The highest BCUT2D eigenvalue weighted by atomic mass is 19.3. The van der Waals surface area contributed by atoms with E-state index in [0.717, 1.165) is 0 Å². The fourth-order valence-electron chi connectivity index (χ4n) is 2.10. The summed E-state index contributed by atoms with van der Waals surface area (Å²) in [7, 11) is 0. The summed E-state index contributed by atoms with van der Waals surface area (Å²) in [5.74, 6) is -1.79. The highest BCUT2D eigenvalue weighted by molar-refractivity contribution is 5.91. The van der Waals surface area contributed by atoms with Gasteiger partial charge in [-0.25, -0.2) is 9.18 Å². The second-order valence-corrected chi connectivity index (χ2v) is 5.32. The normalized spacial score (nSPS) is 11.7. The molecule has 2 rings (SSSR count). The van der Waals surface area contributed by atoms with Crippen molar-refractivity contribution in [1.29, 1.82) is 0 Å². The van der Waals surface area contributed by atoms with Crippen molar-refractivity contribution in [2.75, 3.05) is 6.61 Å². The lowest BCUT2D eigenvalue weighted by molar-refractivity contribution is -0.124. The molecule has 26 heavy (non-hydrogen) atoms. The Kier molecular flexibility index (Phi) is 6.60. The first-order valence-corrected chi connectivity index (χ1v) is 7.62. The molecule has 2 aromatic carbocycles. The number of alkyl halides is 2. The summed E-state index contributed by atoms with van der Waals surface area (Å²) < 4.78 is 46.0. The monoisotopic (exact) mass is 367 g/mol. The van der Waals surface area contributed by atoms with E-state index in [1.807, 2.05) is 0 Å². The Hall–Kier alpha value is -3.03. The number of carbonyl (C=O) groups excluding carboxylic acids is 2. The SMILES string of the molecule is C[C@H](NC(=O)COC(=O)c1ccc(OC(F)F)cc1)c1ccc(F)cc1. The average Bonchev–Trinajstić information content (AvgIpc) is 2.60. The van der Waals surface area contributed by atoms with E-state index < -0.39 is 31.1 Å². The number of rotatable bonds is 7. The zero-order valence-electron chi connectivity index (χ0n) is 13.7. The largest absolute Gasteiger partial charge is 0.452 e. The Balaban J connectivity index is 1.82. The van der Waals surface area contributed by atoms with E-state index in [9.17, 15) is 22.8 Å². The van der Waals surface area contributed by atoms with Gasteiger partial charge in [0.15, 0.2) is 6.61 Å². The quantitative estimate of drug-likeness (QED) is 0.762. The molecular weight excluding hydrogens is 351 g/mol. The molecule has 0 bridgehead atoms. The third kappa shape index (κ3) is 5.80. The molecule has 0 fully saturated rings. The van der Waals surface area contributed by atoms with Gasteiger partial charge in [0.25, 0.3) is 5.91 Å². The molecule has 2 aromatic rings. The first kappa shape index (κ1) is 19.3. The first-order valence-electron chi connectivity index (χ1n) is 7.62. The smallest absolute Gasteiger partial charge is 0.387 e. The standard InChI is InChI=1S/C18H16F3NO4/c1-11(12-2-6-14(19)7-3-12)22-16(23)10-25-17(24)13-4-8-15(9-5-13)26-18(20)21/h2-9,11,18H,10H2,1H3,(H,22,23)/t11-/m0/s1. The van der Waals surface area contributed by atoms with Gasteiger partial charge in [-0.05, 0) is 48.9 Å². The van der Waals surface area contributed by atoms with Gasteiger partial charge in [-0.1, -0.05) is 12.1 Å². The number of hydrogen-bond donors (Lipinski definition) is 1. The molecule has 0 saturated heterocycles. The number of hydrogen-bond acceptors (Lipinski definition) is 4. The second kappa shape index (κ2) is 8.89. The molecule has 1 N–H and O–H groups in total. The molecule has 5 nitrogen and oxygen atoms in total. The van der Waals surface area contributed by atoms with Gasteiger partial charge in [-0.2, -0.15) is 8.78 Å². The van der Waals surface area contributed by atoms with Gasteiger partial charge in [0.1, 0.15) is 11.6 Å². The summed E-state index contributed by atoms with van der Waals surface area (Å²) in [6.45, 7) is -1.77. The molecule has 0 radical (unpaired) electrons. The Morgan fingerprint density at radius 1 is 1.04 bits per heavy atom. The highest BCUT2D eigenvalue weighted by Crippen LogP contribution is 2.16. The summed E-state index contributed by atoms with van der Waals surface area (Å²) in [5, 5.41) is 2.61. The maximum absolute atomic E-state index is 12.9. The van der Waals surface area contributed by atoms with Crippen molar-refractivity contribution >= 4 is 11.9 Å². The maximum atomic E-state index is 12.9. The molecule has 8 heteroatoms. The zero-order chi connectivity index (χ0) is 19.1. The topological polar surface area (TPSA) is 64.6 Å². The summed E-state index contributed by atoms with van der Waals surface area (Å²) in [4.78, 5) is 23.7. The van der Waals surface area contributed by atoms with Gasteiger partial charge in [-0.3, -0.25) is 4.79 Å². The Morgan fingerprint density at radius 3 is 2.23 bits per heavy atom. The van der Waals surface area contributed by atoms with E-state index in [1.165, 1.54) is 48.5 Å². The molecule has 0 heterocycles. The van der Waals surface area contributed by atoms with Crippen LogP contribution >= 0.6 is 0 Å². The molecule has 0 aliphatic rings. The molecule has 0 saturated carbocycles. The Labute approximate surface area is 147 Å². The van der Waals surface area contributed by atoms with Crippen LogP contribution in [0.2, 0.25) is 0 Å². The second-order valence-electron chi connectivity index (χ2n) is 5.32. The minimum absolute atomic E-state index is 0.0889. The Morgan fingerprint density at radius 2 is 1.65 bits per heavy atom. The van der Waals surface area contributed by atoms with Crippen LogP contribution in [0.25, 0.3) is 0 Å². The highest BCUT2D eigenvalue weighted by Gasteiger charge is 2.14.